The van der Waals surface area contributed by atoms with Crippen molar-refractivity contribution in [2.75, 3.05) is 17.7 Å². The Kier molecular flexibility index (Phi) is 4.39. The summed E-state index contributed by atoms with van der Waals surface area (Å²) in [6.45, 7) is 5.08. The molecule has 0 radical (unpaired) electrons. The highest BCUT2D eigenvalue weighted by atomic mass is 32.2. The van der Waals surface area contributed by atoms with E-state index < -0.39 is 0 Å². The Morgan fingerprint density at radius 1 is 1.14 bits per heavy atom. The standard InChI is InChI=1S/C18H21NOS/c1-13(2)11-20-17-9-5-4-8-15(17)19-16-12-21-18-10-6-3-7-14(16)18/h3-10,13,16,19H,11-12H2,1-2H3. The van der Waals surface area contributed by atoms with Gasteiger partial charge in [-0.25, -0.2) is 0 Å². The molecular weight excluding hydrogens is 278 g/mol. The number of para-hydroxylation sites is 2. The topological polar surface area (TPSA) is 21.3 Å². The second-order valence-electron chi connectivity index (χ2n) is 5.75. The number of hydrogen-bond donors (Lipinski definition) is 1. The van der Waals surface area contributed by atoms with Crippen LogP contribution in [0, 0.1) is 5.92 Å². The van der Waals surface area contributed by atoms with E-state index in [1.54, 1.807) is 0 Å². The maximum absolute atomic E-state index is 5.93. The van der Waals surface area contributed by atoms with E-state index in [9.17, 15) is 0 Å². The van der Waals surface area contributed by atoms with Crippen LogP contribution in [0.2, 0.25) is 0 Å². The van der Waals surface area contributed by atoms with Gasteiger partial charge < -0.3 is 10.1 Å². The van der Waals surface area contributed by atoms with E-state index in [2.05, 4.69) is 55.6 Å². The number of nitrogens with one attached hydrogen (secondary N) is 1. The van der Waals surface area contributed by atoms with Crippen molar-refractivity contribution in [1.82, 2.24) is 0 Å². The predicted octanol–water partition coefficient (Wildman–Crippen LogP) is 4.98. The van der Waals surface area contributed by atoms with Gasteiger partial charge in [0.15, 0.2) is 0 Å². The van der Waals surface area contributed by atoms with Crippen LogP contribution in [0.5, 0.6) is 5.75 Å². The molecule has 1 atom stereocenters. The molecule has 0 amide bonds. The van der Waals surface area contributed by atoms with Gasteiger partial charge in [0.05, 0.1) is 18.3 Å². The summed E-state index contributed by atoms with van der Waals surface area (Å²) < 4.78 is 5.93. The van der Waals surface area contributed by atoms with Gasteiger partial charge in [0.25, 0.3) is 0 Å². The van der Waals surface area contributed by atoms with E-state index in [0.29, 0.717) is 12.0 Å². The van der Waals surface area contributed by atoms with E-state index in [-0.39, 0.29) is 0 Å². The molecule has 0 spiro atoms. The summed E-state index contributed by atoms with van der Waals surface area (Å²) in [7, 11) is 0. The molecule has 2 aromatic carbocycles. The number of hydrogen-bond acceptors (Lipinski definition) is 3. The molecule has 3 heteroatoms. The highest BCUT2D eigenvalue weighted by Gasteiger charge is 2.23. The molecule has 0 saturated carbocycles. The van der Waals surface area contributed by atoms with Crippen LogP contribution in [-0.4, -0.2) is 12.4 Å². The Hall–Kier alpha value is -1.61. The summed E-state index contributed by atoms with van der Waals surface area (Å²) in [5, 5.41) is 3.64. The lowest BCUT2D eigenvalue weighted by molar-refractivity contribution is 0.272. The van der Waals surface area contributed by atoms with Gasteiger partial charge in [-0.05, 0) is 29.7 Å². The van der Waals surface area contributed by atoms with Crippen LogP contribution in [-0.2, 0) is 0 Å². The number of rotatable bonds is 5. The predicted molar refractivity (Wildman–Crippen MR) is 90.3 cm³/mol. The molecule has 0 bridgehead atoms. The van der Waals surface area contributed by atoms with Gasteiger partial charge in [-0.15, -0.1) is 11.8 Å². The second-order valence-corrected chi connectivity index (χ2v) is 6.81. The molecule has 1 N–H and O–H groups in total. The zero-order chi connectivity index (χ0) is 14.7. The van der Waals surface area contributed by atoms with E-state index in [4.69, 9.17) is 4.74 Å². The first-order valence-corrected chi connectivity index (χ1v) is 8.42. The molecule has 0 fully saturated rings. The summed E-state index contributed by atoms with van der Waals surface area (Å²) in [5.41, 5.74) is 2.47. The van der Waals surface area contributed by atoms with Gasteiger partial charge in [0.1, 0.15) is 5.75 Å². The fraction of sp³-hybridized carbons (Fsp3) is 0.333. The fourth-order valence-corrected chi connectivity index (χ4v) is 3.60. The highest BCUT2D eigenvalue weighted by Crippen LogP contribution is 2.40. The molecule has 1 aliphatic rings. The molecule has 0 saturated heterocycles. The molecule has 1 aliphatic heterocycles. The number of benzene rings is 2. The van der Waals surface area contributed by atoms with E-state index in [1.165, 1.54) is 10.5 Å². The van der Waals surface area contributed by atoms with Crippen molar-refractivity contribution in [1.29, 1.82) is 0 Å². The molecule has 110 valence electrons. The molecule has 21 heavy (non-hydrogen) atoms. The van der Waals surface area contributed by atoms with Crippen molar-refractivity contribution < 1.29 is 4.74 Å². The van der Waals surface area contributed by atoms with E-state index in [0.717, 1.165) is 23.8 Å². The van der Waals surface area contributed by atoms with Crippen molar-refractivity contribution in [3.8, 4) is 5.75 Å². The quantitative estimate of drug-likeness (QED) is 0.841. The van der Waals surface area contributed by atoms with Gasteiger partial charge in [0, 0.05) is 10.6 Å². The van der Waals surface area contributed by atoms with Gasteiger partial charge >= 0.3 is 0 Å². The lowest BCUT2D eigenvalue weighted by Gasteiger charge is -2.18. The third-order valence-electron chi connectivity index (χ3n) is 3.49. The highest BCUT2D eigenvalue weighted by molar-refractivity contribution is 7.99. The Bertz CT molecular complexity index is 612. The zero-order valence-electron chi connectivity index (χ0n) is 12.5. The summed E-state index contributed by atoms with van der Waals surface area (Å²) in [4.78, 5) is 1.38. The lowest BCUT2D eigenvalue weighted by Crippen LogP contribution is -2.12. The number of fused-ring (bicyclic) bond motifs is 1. The Morgan fingerprint density at radius 2 is 1.90 bits per heavy atom. The van der Waals surface area contributed by atoms with Gasteiger partial charge in [-0.2, -0.15) is 0 Å². The van der Waals surface area contributed by atoms with E-state index in [1.807, 2.05) is 23.9 Å². The molecule has 0 aromatic heterocycles. The van der Waals surface area contributed by atoms with E-state index >= 15 is 0 Å². The van der Waals surface area contributed by atoms with Crippen LogP contribution >= 0.6 is 11.8 Å². The number of thioether (sulfide) groups is 1. The Morgan fingerprint density at radius 3 is 2.76 bits per heavy atom. The van der Waals surface area contributed by atoms with Gasteiger partial charge in [0.2, 0.25) is 0 Å². The maximum atomic E-state index is 5.93. The molecule has 0 aliphatic carbocycles. The summed E-state index contributed by atoms with van der Waals surface area (Å²) in [5.74, 6) is 2.54. The van der Waals surface area contributed by atoms with Gasteiger partial charge in [-0.3, -0.25) is 0 Å². The minimum absolute atomic E-state index is 0.356. The first kappa shape index (κ1) is 14.3. The van der Waals surface area contributed by atoms with Crippen LogP contribution < -0.4 is 10.1 Å². The Labute approximate surface area is 130 Å². The van der Waals surface area contributed by atoms with Crippen LogP contribution in [0.3, 0.4) is 0 Å². The van der Waals surface area contributed by atoms with Crippen LogP contribution in [0.25, 0.3) is 0 Å². The molecule has 1 heterocycles. The molecule has 2 aromatic rings. The molecular formula is C18H21NOS. The van der Waals surface area contributed by atoms with Crippen molar-refractivity contribution in [2.45, 2.75) is 24.8 Å². The third kappa shape index (κ3) is 3.35. The molecule has 3 rings (SSSR count). The van der Waals surface area contributed by atoms with Gasteiger partial charge in [-0.1, -0.05) is 44.2 Å². The smallest absolute Gasteiger partial charge is 0.142 e. The second kappa shape index (κ2) is 6.44. The van der Waals surface area contributed by atoms with Crippen molar-refractivity contribution in [3.63, 3.8) is 0 Å². The lowest BCUT2D eigenvalue weighted by atomic mass is 10.1. The number of anilines is 1. The SMILES string of the molecule is CC(C)COc1ccccc1NC1CSc2ccccc21. The monoisotopic (exact) mass is 299 g/mol. The summed E-state index contributed by atoms with van der Waals surface area (Å²) in [6.07, 6.45) is 0. The fourth-order valence-electron chi connectivity index (χ4n) is 2.44. The molecule has 2 nitrogen and oxygen atoms in total. The van der Waals surface area contributed by atoms with Crippen molar-refractivity contribution >= 4 is 17.4 Å². The third-order valence-corrected chi connectivity index (χ3v) is 4.67. The molecule has 1 unspecified atom stereocenters. The summed E-state index contributed by atoms with van der Waals surface area (Å²) in [6, 6.07) is 17.2. The van der Waals surface area contributed by atoms with Crippen LogP contribution in [0.15, 0.2) is 53.4 Å². The first-order chi connectivity index (χ1) is 10.2. The number of ether oxygens (including phenoxy) is 1. The average Bonchev–Trinajstić information content (AvgIpc) is 2.90. The minimum Gasteiger partial charge on any atom is -0.491 e. The average molecular weight is 299 g/mol. The minimum atomic E-state index is 0.356. The van der Waals surface area contributed by atoms with Crippen molar-refractivity contribution in [3.05, 3.63) is 54.1 Å². The summed E-state index contributed by atoms with van der Waals surface area (Å²) >= 11 is 1.92. The van der Waals surface area contributed by atoms with Crippen LogP contribution in [0.1, 0.15) is 25.5 Å². The largest absolute Gasteiger partial charge is 0.491 e. The maximum Gasteiger partial charge on any atom is 0.142 e. The normalized spacial score (nSPS) is 16.8. The van der Waals surface area contributed by atoms with Crippen LogP contribution in [0.4, 0.5) is 5.69 Å². The Balaban J connectivity index is 1.77. The first-order valence-electron chi connectivity index (χ1n) is 7.44. The van der Waals surface area contributed by atoms with Crippen molar-refractivity contribution in [2.24, 2.45) is 5.92 Å². The zero-order valence-corrected chi connectivity index (χ0v) is 13.3.